The van der Waals surface area contributed by atoms with E-state index < -0.39 is 5.97 Å². The second-order valence-electron chi connectivity index (χ2n) is 5.34. The van der Waals surface area contributed by atoms with Crippen LogP contribution in [-0.2, 0) is 4.74 Å². The number of esters is 1. The van der Waals surface area contributed by atoms with Crippen molar-refractivity contribution in [3.05, 3.63) is 17.8 Å². The van der Waals surface area contributed by atoms with Crippen molar-refractivity contribution < 1.29 is 9.53 Å². The lowest BCUT2D eigenvalue weighted by Crippen LogP contribution is -2.23. The SMILES string of the molecule is COC(=O)c1cc(N)cnc1NC1CCCCCCC1. The van der Waals surface area contributed by atoms with Crippen LogP contribution in [0.4, 0.5) is 11.5 Å². The summed E-state index contributed by atoms with van der Waals surface area (Å²) in [5, 5.41) is 3.39. The van der Waals surface area contributed by atoms with Gasteiger partial charge in [0.1, 0.15) is 11.4 Å². The molecule has 0 amide bonds. The smallest absolute Gasteiger partial charge is 0.341 e. The van der Waals surface area contributed by atoms with Crippen LogP contribution in [0.3, 0.4) is 0 Å². The summed E-state index contributed by atoms with van der Waals surface area (Å²) in [6.07, 6.45) is 10.2. The Morgan fingerprint density at radius 3 is 2.60 bits per heavy atom. The minimum atomic E-state index is -0.404. The number of hydrogen-bond donors (Lipinski definition) is 2. The molecule has 0 spiro atoms. The van der Waals surface area contributed by atoms with Gasteiger partial charge in [-0.15, -0.1) is 0 Å². The van der Waals surface area contributed by atoms with Gasteiger partial charge < -0.3 is 15.8 Å². The number of ether oxygens (including phenoxy) is 1. The van der Waals surface area contributed by atoms with Crippen molar-refractivity contribution >= 4 is 17.5 Å². The number of rotatable bonds is 3. The van der Waals surface area contributed by atoms with Crippen LogP contribution in [0, 0.1) is 0 Å². The summed E-state index contributed by atoms with van der Waals surface area (Å²) < 4.78 is 4.79. The fourth-order valence-electron chi connectivity index (χ4n) is 2.66. The highest BCUT2D eigenvalue weighted by molar-refractivity contribution is 5.95. The minimum Gasteiger partial charge on any atom is -0.465 e. The van der Waals surface area contributed by atoms with Crippen LogP contribution in [0.25, 0.3) is 0 Å². The fraction of sp³-hybridized carbons (Fsp3) is 0.600. The first-order chi connectivity index (χ1) is 9.70. The molecule has 20 heavy (non-hydrogen) atoms. The van der Waals surface area contributed by atoms with E-state index in [1.54, 1.807) is 12.3 Å². The van der Waals surface area contributed by atoms with Crippen molar-refractivity contribution in [3.8, 4) is 0 Å². The Bertz CT molecular complexity index is 454. The molecule has 0 aliphatic heterocycles. The van der Waals surface area contributed by atoms with Crippen molar-refractivity contribution in [2.45, 2.75) is 51.0 Å². The number of carbonyl (C=O) groups is 1. The molecule has 0 aromatic carbocycles. The number of aromatic nitrogens is 1. The molecule has 2 rings (SSSR count). The first-order valence-corrected chi connectivity index (χ1v) is 7.31. The predicted octanol–water partition coefficient (Wildman–Crippen LogP) is 2.98. The standard InChI is InChI=1S/C15H23N3O2/c1-20-15(19)13-9-11(16)10-17-14(13)18-12-7-5-3-2-4-6-8-12/h9-10,12H,2-8,16H2,1H3,(H,17,18). The molecule has 1 aromatic heterocycles. The highest BCUT2D eigenvalue weighted by Crippen LogP contribution is 2.23. The molecule has 0 unspecified atom stereocenters. The van der Waals surface area contributed by atoms with Crippen LogP contribution in [0.2, 0.25) is 0 Å². The summed E-state index contributed by atoms with van der Waals surface area (Å²) in [5.41, 5.74) is 6.58. The molecular weight excluding hydrogens is 254 g/mol. The van der Waals surface area contributed by atoms with Gasteiger partial charge >= 0.3 is 5.97 Å². The van der Waals surface area contributed by atoms with Crippen LogP contribution in [0.15, 0.2) is 12.3 Å². The summed E-state index contributed by atoms with van der Waals surface area (Å²) >= 11 is 0. The van der Waals surface area contributed by atoms with Crippen LogP contribution in [-0.4, -0.2) is 24.1 Å². The first kappa shape index (κ1) is 14.6. The molecule has 1 aliphatic carbocycles. The van der Waals surface area contributed by atoms with Gasteiger partial charge in [-0.25, -0.2) is 9.78 Å². The van der Waals surface area contributed by atoms with E-state index in [4.69, 9.17) is 10.5 Å². The number of methoxy groups -OCH3 is 1. The van der Waals surface area contributed by atoms with E-state index >= 15 is 0 Å². The molecule has 1 saturated carbocycles. The van der Waals surface area contributed by atoms with Gasteiger partial charge in [-0.2, -0.15) is 0 Å². The summed E-state index contributed by atoms with van der Waals surface area (Å²) in [6, 6.07) is 1.99. The zero-order chi connectivity index (χ0) is 14.4. The minimum absolute atomic E-state index is 0.370. The second-order valence-corrected chi connectivity index (χ2v) is 5.34. The number of nitrogens with zero attached hydrogens (tertiary/aromatic N) is 1. The molecule has 110 valence electrons. The lowest BCUT2D eigenvalue weighted by atomic mass is 9.96. The molecule has 0 atom stereocenters. The Morgan fingerprint density at radius 1 is 1.30 bits per heavy atom. The van der Waals surface area contributed by atoms with Gasteiger partial charge in [-0.1, -0.05) is 32.1 Å². The van der Waals surface area contributed by atoms with Gasteiger partial charge in [-0.3, -0.25) is 0 Å². The third-order valence-electron chi connectivity index (χ3n) is 3.76. The zero-order valence-electron chi connectivity index (χ0n) is 12.0. The molecule has 0 radical (unpaired) electrons. The van der Waals surface area contributed by atoms with E-state index in [1.807, 2.05) is 0 Å². The Balaban J connectivity index is 2.12. The predicted molar refractivity (Wildman–Crippen MR) is 79.7 cm³/mol. The topological polar surface area (TPSA) is 77.2 Å². The molecule has 5 heteroatoms. The van der Waals surface area contributed by atoms with Gasteiger partial charge in [0.05, 0.1) is 19.0 Å². The zero-order valence-corrected chi connectivity index (χ0v) is 12.0. The average Bonchev–Trinajstić information content (AvgIpc) is 2.42. The number of nitrogen functional groups attached to an aromatic ring is 1. The molecule has 1 aromatic rings. The summed E-state index contributed by atoms with van der Waals surface area (Å²) in [5.74, 6) is 0.176. The number of nitrogens with one attached hydrogen (secondary N) is 1. The van der Waals surface area contributed by atoms with E-state index in [0.29, 0.717) is 23.1 Å². The third kappa shape index (κ3) is 3.85. The maximum absolute atomic E-state index is 11.8. The molecule has 5 nitrogen and oxygen atoms in total. The maximum Gasteiger partial charge on any atom is 0.341 e. The lowest BCUT2D eigenvalue weighted by molar-refractivity contribution is 0.0601. The normalized spacial score (nSPS) is 17.1. The van der Waals surface area contributed by atoms with Crippen molar-refractivity contribution in [2.24, 2.45) is 0 Å². The molecule has 1 heterocycles. The van der Waals surface area contributed by atoms with Crippen molar-refractivity contribution in [1.82, 2.24) is 4.98 Å². The van der Waals surface area contributed by atoms with E-state index in [0.717, 1.165) is 12.8 Å². The first-order valence-electron chi connectivity index (χ1n) is 7.31. The molecule has 0 saturated heterocycles. The Morgan fingerprint density at radius 2 is 1.95 bits per heavy atom. The number of nitrogens with two attached hydrogens (primary N) is 1. The van der Waals surface area contributed by atoms with E-state index in [9.17, 15) is 4.79 Å². The van der Waals surface area contributed by atoms with Crippen molar-refractivity contribution in [2.75, 3.05) is 18.2 Å². The number of carbonyl (C=O) groups excluding carboxylic acids is 1. The Kier molecular flexibility index (Phi) is 5.21. The van der Waals surface area contributed by atoms with E-state index in [-0.39, 0.29) is 0 Å². The van der Waals surface area contributed by atoms with Crippen LogP contribution < -0.4 is 11.1 Å². The van der Waals surface area contributed by atoms with Crippen LogP contribution in [0.1, 0.15) is 55.3 Å². The monoisotopic (exact) mass is 277 g/mol. The highest BCUT2D eigenvalue weighted by atomic mass is 16.5. The highest BCUT2D eigenvalue weighted by Gasteiger charge is 2.18. The van der Waals surface area contributed by atoms with Crippen molar-refractivity contribution in [1.29, 1.82) is 0 Å². The van der Waals surface area contributed by atoms with Crippen LogP contribution in [0.5, 0.6) is 0 Å². The summed E-state index contributed by atoms with van der Waals surface area (Å²) in [4.78, 5) is 16.1. The van der Waals surface area contributed by atoms with Crippen molar-refractivity contribution in [3.63, 3.8) is 0 Å². The average molecular weight is 277 g/mol. The van der Waals surface area contributed by atoms with Gasteiger partial charge in [0.2, 0.25) is 0 Å². The van der Waals surface area contributed by atoms with Gasteiger partial charge in [0, 0.05) is 6.04 Å². The number of anilines is 2. The molecule has 0 bridgehead atoms. The number of hydrogen-bond acceptors (Lipinski definition) is 5. The lowest BCUT2D eigenvalue weighted by Gasteiger charge is -2.22. The summed E-state index contributed by atoms with van der Waals surface area (Å²) in [7, 11) is 1.37. The number of pyridine rings is 1. The van der Waals surface area contributed by atoms with Gasteiger partial charge in [0.15, 0.2) is 0 Å². The van der Waals surface area contributed by atoms with Gasteiger partial charge in [0.25, 0.3) is 0 Å². The Hall–Kier alpha value is -1.78. The maximum atomic E-state index is 11.8. The van der Waals surface area contributed by atoms with Crippen LogP contribution >= 0.6 is 0 Å². The van der Waals surface area contributed by atoms with E-state index in [1.165, 1.54) is 39.2 Å². The third-order valence-corrected chi connectivity index (χ3v) is 3.76. The molecule has 1 fully saturated rings. The van der Waals surface area contributed by atoms with E-state index in [2.05, 4.69) is 10.3 Å². The fourth-order valence-corrected chi connectivity index (χ4v) is 2.66. The molecule has 3 N–H and O–H groups in total. The second kappa shape index (κ2) is 7.12. The summed E-state index contributed by atoms with van der Waals surface area (Å²) in [6.45, 7) is 0. The Labute approximate surface area is 119 Å². The largest absolute Gasteiger partial charge is 0.465 e. The van der Waals surface area contributed by atoms with Gasteiger partial charge in [-0.05, 0) is 18.9 Å². The molecular formula is C15H23N3O2. The molecule has 1 aliphatic rings. The quantitative estimate of drug-likeness (QED) is 0.830.